The van der Waals surface area contributed by atoms with E-state index in [0.717, 1.165) is 0 Å². The lowest BCUT2D eigenvalue weighted by Crippen LogP contribution is -2.29. The van der Waals surface area contributed by atoms with Crippen LogP contribution in [0.3, 0.4) is 0 Å². The number of hydrogen-bond donors (Lipinski definition) is 2. The third-order valence-electron chi connectivity index (χ3n) is 3.50. The molecule has 1 rings (SSSR count). The van der Waals surface area contributed by atoms with Crippen LogP contribution in [0.1, 0.15) is 50.0 Å². The first-order valence-corrected chi connectivity index (χ1v) is 7.34. The molecule has 0 heterocycles. The Bertz CT molecular complexity index is 550. The number of aliphatic hydroxyl groups excluding tert-OH is 1. The van der Waals surface area contributed by atoms with Crippen LogP contribution in [0.4, 0.5) is 5.69 Å². The zero-order valence-corrected chi connectivity index (χ0v) is 13.5. The van der Waals surface area contributed by atoms with Gasteiger partial charge in [0, 0.05) is 30.3 Å². The normalized spacial score (nSPS) is 12.8. The first-order valence-electron chi connectivity index (χ1n) is 7.34. The van der Waals surface area contributed by atoms with Gasteiger partial charge in [-0.2, -0.15) is 0 Å². The number of carbonyl (C=O) groups is 1. The van der Waals surface area contributed by atoms with E-state index in [1.807, 2.05) is 27.7 Å². The summed E-state index contributed by atoms with van der Waals surface area (Å²) in [6, 6.07) is 4.58. The van der Waals surface area contributed by atoms with Crippen LogP contribution in [0.5, 0.6) is 0 Å². The number of amides is 1. The molecular formula is C16H24N2O4. The van der Waals surface area contributed by atoms with Crippen LogP contribution in [0.25, 0.3) is 0 Å². The molecule has 1 amide bonds. The topological polar surface area (TPSA) is 92.5 Å². The summed E-state index contributed by atoms with van der Waals surface area (Å²) in [4.78, 5) is 22.9. The summed E-state index contributed by atoms with van der Waals surface area (Å²) in [5, 5.41) is 22.8. The largest absolute Gasteiger partial charge is 0.396 e. The summed E-state index contributed by atoms with van der Waals surface area (Å²) in [7, 11) is 0. The molecule has 6 heteroatoms. The highest BCUT2D eigenvalue weighted by molar-refractivity contribution is 5.95. The maximum absolute atomic E-state index is 12.1. The van der Waals surface area contributed by atoms with Crippen molar-refractivity contribution < 1.29 is 14.8 Å². The molecule has 2 N–H and O–H groups in total. The maximum Gasteiger partial charge on any atom is 0.273 e. The minimum absolute atomic E-state index is 0.0384. The lowest BCUT2D eigenvalue weighted by molar-refractivity contribution is -0.386. The Labute approximate surface area is 130 Å². The first-order chi connectivity index (χ1) is 10.2. The van der Waals surface area contributed by atoms with Gasteiger partial charge in [0.05, 0.1) is 4.92 Å². The molecule has 0 saturated heterocycles. The molecule has 1 atom stereocenters. The van der Waals surface area contributed by atoms with E-state index >= 15 is 0 Å². The van der Waals surface area contributed by atoms with Crippen molar-refractivity contribution in [1.82, 2.24) is 5.32 Å². The molecule has 22 heavy (non-hydrogen) atoms. The molecule has 0 aliphatic carbocycles. The van der Waals surface area contributed by atoms with Gasteiger partial charge in [-0.1, -0.05) is 33.8 Å². The quantitative estimate of drug-likeness (QED) is 0.624. The Morgan fingerprint density at radius 2 is 2.05 bits per heavy atom. The van der Waals surface area contributed by atoms with Gasteiger partial charge < -0.3 is 10.4 Å². The molecule has 0 aliphatic heterocycles. The number of carbonyl (C=O) groups excluding carboxylic acids is 1. The van der Waals surface area contributed by atoms with Crippen LogP contribution in [0, 0.1) is 16.0 Å². The zero-order chi connectivity index (χ0) is 16.9. The van der Waals surface area contributed by atoms with E-state index in [0.29, 0.717) is 18.5 Å². The Hall–Kier alpha value is -1.95. The van der Waals surface area contributed by atoms with Crippen molar-refractivity contribution in [3.63, 3.8) is 0 Å². The Kier molecular flexibility index (Phi) is 6.05. The van der Waals surface area contributed by atoms with E-state index in [1.165, 1.54) is 6.07 Å². The van der Waals surface area contributed by atoms with Crippen LogP contribution in [0.15, 0.2) is 18.2 Å². The van der Waals surface area contributed by atoms with Crippen LogP contribution in [0.2, 0.25) is 0 Å². The van der Waals surface area contributed by atoms with Crippen molar-refractivity contribution in [3.05, 3.63) is 39.4 Å². The number of rotatable bonds is 6. The fourth-order valence-electron chi connectivity index (χ4n) is 2.15. The number of nitrogens with zero attached hydrogens (tertiary/aromatic N) is 1. The Morgan fingerprint density at radius 1 is 1.41 bits per heavy atom. The molecule has 1 aromatic carbocycles. The van der Waals surface area contributed by atoms with Crippen LogP contribution in [-0.2, 0) is 5.41 Å². The number of nitro groups is 1. The highest BCUT2D eigenvalue weighted by atomic mass is 16.6. The van der Waals surface area contributed by atoms with Crippen LogP contribution in [-0.4, -0.2) is 29.1 Å². The number of nitro benzene ring substituents is 1. The standard InChI is InChI=1S/C16H24N2O4/c1-11(7-8-19)10-17-15(20)12-5-6-13(16(2,3)4)14(9-12)18(21)22/h5-6,9,11,19H,7-8,10H2,1-4H3,(H,17,20). The molecular weight excluding hydrogens is 284 g/mol. The van der Waals surface area contributed by atoms with Gasteiger partial charge in [0.15, 0.2) is 0 Å². The zero-order valence-electron chi connectivity index (χ0n) is 13.5. The monoisotopic (exact) mass is 308 g/mol. The molecule has 0 aliphatic rings. The molecule has 0 aromatic heterocycles. The number of nitrogens with one attached hydrogen (secondary N) is 1. The minimum Gasteiger partial charge on any atom is -0.396 e. The van der Waals surface area contributed by atoms with Gasteiger partial charge in [0.2, 0.25) is 0 Å². The smallest absolute Gasteiger partial charge is 0.273 e. The first kappa shape index (κ1) is 18.1. The fourth-order valence-corrected chi connectivity index (χ4v) is 2.15. The second-order valence-electron chi connectivity index (χ2n) is 6.57. The Morgan fingerprint density at radius 3 is 2.55 bits per heavy atom. The van der Waals surface area contributed by atoms with Gasteiger partial charge in [-0.25, -0.2) is 0 Å². The molecule has 122 valence electrons. The van der Waals surface area contributed by atoms with E-state index in [9.17, 15) is 14.9 Å². The van der Waals surface area contributed by atoms with Crippen LogP contribution >= 0.6 is 0 Å². The van der Waals surface area contributed by atoms with Gasteiger partial charge in [-0.3, -0.25) is 14.9 Å². The number of aliphatic hydroxyl groups is 1. The SMILES string of the molecule is CC(CCO)CNC(=O)c1ccc(C(C)(C)C)c([N+](=O)[O-])c1. The highest BCUT2D eigenvalue weighted by Crippen LogP contribution is 2.31. The third kappa shape index (κ3) is 4.80. The van der Waals surface area contributed by atoms with Crippen LogP contribution < -0.4 is 5.32 Å². The summed E-state index contributed by atoms with van der Waals surface area (Å²) in [5.74, 6) is -0.189. The van der Waals surface area contributed by atoms with Crippen molar-refractivity contribution in [2.75, 3.05) is 13.2 Å². The molecule has 0 saturated carbocycles. The van der Waals surface area contributed by atoms with E-state index in [2.05, 4.69) is 5.32 Å². The Balaban J connectivity index is 2.95. The third-order valence-corrected chi connectivity index (χ3v) is 3.50. The molecule has 0 spiro atoms. The minimum atomic E-state index is -0.453. The van der Waals surface area contributed by atoms with Crippen molar-refractivity contribution in [2.45, 2.75) is 39.5 Å². The van der Waals surface area contributed by atoms with Gasteiger partial charge in [0.1, 0.15) is 0 Å². The predicted molar refractivity (Wildman–Crippen MR) is 85.0 cm³/mol. The average molecular weight is 308 g/mol. The van der Waals surface area contributed by atoms with Crippen molar-refractivity contribution in [3.8, 4) is 0 Å². The second kappa shape index (κ2) is 7.35. The maximum atomic E-state index is 12.1. The molecule has 6 nitrogen and oxygen atoms in total. The van der Waals surface area contributed by atoms with Gasteiger partial charge >= 0.3 is 0 Å². The lowest BCUT2D eigenvalue weighted by Gasteiger charge is -2.19. The van der Waals surface area contributed by atoms with E-state index in [-0.39, 0.29) is 35.1 Å². The van der Waals surface area contributed by atoms with Crippen molar-refractivity contribution in [1.29, 1.82) is 0 Å². The predicted octanol–water partition coefficient (Wildman–Crippen LogP) is 2.64. The fraction of sp³-hybridized carbons (Fsp3) is 0.562. The lowest BCUT2D eigenvalue weighted by atomic mass is 9.85. The van der Waals surface area contributed by atoms with Crippen molar-refractivity contribution >= 4 is 11.6 Å². The summed E-state index contributed by atoms with van der Waals surface area (Å²) < 4.78 is 0. The molecule has 1 unspecified atom stereocenters. The molecule has 0 bridgehead atoms. The van der Waals surface area contributed by atoms with E-state index in [1.54, 1.807) is 12.1 Å². The van der Waals surface area contributed by atoms with Crippen molar-refractivity contribution in [2.24, 2.45) is 5.92 Å². The summed E-state index contributed by atoms with van der Waals surface area (Å²) >= 11 is 0. The number of benzene rings is 1. The summed E-state index contributed by atoms with van der Waals surface area (Å²) in [5.41, 5.74) is 0.467. The van der Waals surface area contributed by atoms with Gasteiger partial charge in [0.25, 0.3) is 11.6 Å². The molecule has 1 aromatic rings. The number of hydrogen-bond acceptors (Lipinski definition) is 4. The van der Waals surface area contributed by atoms with E-state index in [4.69, 9.17) is 5.11 Å². The molecule has 0 radical (unpaired) electrons. The van der Waals surface area contributed by atoms with Gasteiger partial charge in [-0.05, 0) is 23.8 Å². The summed E-state index contributed by atoms with van der Waals surface area (Å²) in [6.07, 6.45) is 0.601. The van der Waals surface area contributed by atoms with Gasteiger partial charge in [-0.15, -0.1) is 0 Å². The van der Waals surface area contributed by atoms with E-state index < -0.39 is 4.92 Å². The molecule has 0 fully saturated rings. The highest BCUT2D eigenvalue weighted by Gasteiger charge is 2.26. The second-order valence-corrected chi connectivity index (χ2v) is 6.57. The summed E-state index contributed by atoms with van der Waals surface area (Å²) in [6.45, 7) is 8.10. The average Bonchev–Trinajstić information content (AvgIpc) is 2.43.